The summed E-state index contributed by atoms with van der Waals surface area (Å²) in [5.41, 5.74) is 6.06. The molecule has 1 saturated heterocycles. The zero-order valence-electron chi connectivity index (χ0n) is 17.0. The van der Waals surface area contributed by atoms with Gasteiger partial charge in [-0.25, -0.2) is 4.68 Å². The van der Waals surface area contributed by atoms with Gasteiger partial charge in [-0.05, 0) is 62.5 Å². The Morgan fingerprint density at radius 3 is 2.59 bits per heavy atom. The number of piperidine rings is 1. The summed E-state index contributed by atoms with van der Waals surface area (Å²) in [6.07, 6.45) is 7.23. The minimum Gasteiger partial charge on any atom is -0.348 e. The Hall–Kier alpha value is -2.99. The molecule has 0 radical (unpaired) electrons. The summed E-state index contributed by atoms with van der Waals surface area (Å²) in [5.74, 6) is 0.219. The van der Waals surface area contributed by atoms with Crippen LogP contribution in [-0.2, 0) is 6.54 Å². The van der Waals surface area contributed by atoms with Crippen LogP contribution in [0, 0.1) is 13.8 Å². The van der Waals surface area contributed by atoms with Gasteiger partial charge in [0.2, 0.25) is 0 Å². The number of carbonyl (C=O) groups excluding carboxylic acids is 1. The van der Waals surface area contributed by atoms with Crippen molar-refractivity contribution in [3.8, 4) is 5.69 Å². The van der Waals surface area contributed by atoms with Gasteiger partial charge in [0.15, 0.2) is 0 Å². The van der Waals surface area contributed by atoms with Gasteiger partial charge in [0.25, 0.3) is 5.91 Å². The molecule has 1 aliphatic heterocycles. The van der Waals surface area contributed by atoms with Crippen molar-refractivity contribution in [2.45, 2.75) is 39.2 Å². The van der Waals surface area contributed by atoms with E-state index >= 15 is 0 Å². The number of nitrogens with zero attached hydrogens (tertiary/aromatic N) is 3. The van der Waals surface area contributed by atoms with Gasteiger partial charge in [-0.2, -0.15) is 5.10 Å². The summed E-state index contributed by atoms with van der Waals surface area (Å²) in [6.45, 7) is 6.56. The maximum absolute atomic E-state index is 13.1. The van der Waals surface area contributed by atoms with E-state index < -0.39 is 0 Å². The number of aryl methyl sites for hydroxylation is 2. The van der Waals surface area contributed by atoms with Crippen molar-refractivity contribution in [2.24, 2.45) is 0 Å². The van der Waals surface area contributed by atoms with Crippen molar-refractivity contribution in [3.05, 3.63) is 76.9 Å². The SMILES string of the molecule is Cc1cccc(C)c1-n1ncc(C(=O)NCc2cccnc2)c1C1CCNCC1. The quantitative estimate of drug-likeness (QED) is 0.702. The first-order valence-corrected chi connectivity index (χ1v) is 10.2. The molecule has 0 spiro atoms. The number of hydrogen-bond acceptors (Lipinski definition) is 4. The molecule has 6 heteroatoms. The molecule has 0 atom stereocenters. The number of pyridine rings is 1. The molecule has 0 bridgehead atoms. The number of rotatable bonds is 5. The Morgan fingerprint density at radius 1 is 1.14 bits per heavy atom. The number of nitrogens with one attached hydrogen (secondary N) is 2. The van der Waals surface area contributed by atoms with E-state index in [4.69, 9.17) is 0 Å². The first kappa shape index (κ1) is 19.3. The average Bonchev–Trinajstić information content (AvgIpc) is 3.18. The van der Waals surface area contributed by atoms with Gasteiger partial charge < -0.3 is 10.6 Å². The zero-order valence-corrected chi connectivity index (χ0v) is 17.0. The summed E-state index contributed by atoms with van der Waals surface area (Å²) in [6, 6.07) is 10.1. The smallest absolute Gasteiger partial charge is 0.255 e. The lowest BCUT2D eigenvalue weighted by Crippen LogP contribution is -2.30. The van der Waals surface area contributed by atoms with Crippen LogP contribution < -0.4 is 10.6 Å². The van der Waals surface area contributed by atoms with E-state index in [9.17, 15) is 4.79 Å². The molecule has 1 amide bonds. The van der Waals surface area contributed by atoms with Crippen LogP contribution in [0.2, 0.25) is 0 Å². The van der Waals surface area contributed by atoms with Crippen LogP contribution in [0.15, 0.2) is 48.9 Å². The lowest BCUT2D eigenvalue weighted by atomic mass is 9.91. The highest BCUT2D eigenvalue weighted by atomic mass is 16.1. The van der Waals surface area contributed by atoms with Crippen molar-refractivity contribution in [1.29, 1.82) is 0 Å². The number of carbonyl (C=O) groups is 1. The number of benzene rings is 1. The monoisotopic (exact) mass is 389 g/mol. The molecule has 0 unspecified atom stereocenters. The number of amides is 1. The maximum atomic E-state index is 13.1. The predicted octanol–water partition coefficient (Wildman–Crippen LogP) is 3.28. The Kier molecular flexibility index (Phi) is 5.71. The highest BCUT2D eigenvalue weighted by Crippen LogP contribution is 2.32. The molecule has 6 nitrogen and oxygen atoms in total. The van der Waals surface area contributed by atoms with Gasteiger partial charge >= 0.3 is 0 Å². The third-order valence-corrected chi connectivity index (χ3v) is 5.60. The Labute approximate surface area is 171 Å². The van der Waals surface area contributed by atoms with Crippen LogP contribution in [0.1, 0.15) is 51.5 Å². The van der Waals surface area contributed by atoms with E-state index in [0.29, 0.717) is 18.0 Å². The molecular weight excluding hydrogens is 362 g/mol. The molecule has 29 heavy (non-hydrogen) atoms. The third kappa shape index (κ3) is 4.07. The summed E-state index contributed by atoms with van der Waals surface area (Å²) in [4.78, 5) is 17.2. The van der Waals surface area contributed by atoms with Crippen molar-refractivity contribution in [2.75, 3.05) is 13.1 Å². The number of aromatic nitrogens is 3. The van der Waals surface area contributed by atoms with Gasteiger partial charge in [-0.3, -0.25) is 9.78 Å². The molecule has 3 heterocycles. The minimum absolute atomic E-state index is 0.0835. The third-order valence-electron chi connectivity index (χ3n) is 5.60. The lowest BCUT2D eigenvalue weighted by molar-refractivity contribution is 0.0949. The topological polar surface area (TPSA) is 71.8 Å². The van der Waals surface area contributed by atoms with Crippen LogP contribution in [0.4, 0.5) is 0 Å². The molecule has 2 aromatic heterocycles. The summed E-state index contributed by atoms with van der Waals surface area (Å²) >= 11 is 0. The van der Waals surface area contributed by atoms with Crippen LogP contribution in [0.25, 0.3) is 5.69 Å². The fourth-order valence-corrected chi connectivity index (χ4v) is 4.12. The van der Waals surface area contributed by atoms with E-state index in [-0.39, 0.29) is 5.91 Å². The molecule has 0 saturated carbocycles. The van der Waals surface area contributed by atoms with E-state index in [1.54, 1.807) is 18.6 Å². The fraction of sp³-hybridized carbons (Fsp3) is 0.348. The average molecular weight is 390 g/mol. The normalized spacial score (nSPS) is 14.7. The van der Waals surface area contributed by atoms with Crippen molar-refractivity contribution in [1.82, 2.24) is 25.4 Å². The first-order valence-electron chi connectivity index (χ1n) is 10.2. The van der Waals surface area contributed by atoms with Gasteiger partial charge in [0.1, 0.15) is 0 Å². The number of para-hydroxylation sites is 1. The predicted molar refractivity (Wildman–Crippen MR) is 113 cm³/mol. The van der Waals surface area contributed by atoms with Gasteiger partial charge in [0, 0.05) is 24.9 Å². The fourth-order valence-electron chi connectivity index (χ4n) is 4.12. The highest BCUT2D eigenvalue weighted by molar-refractivity contribution is 5.95. The largest absolute Gasteiger partial charge is 0.348 e. The first-order chi connectivity index (χ1) is 14.1. The second kappa shape index (κ2) is 8.57. The van der Waals surface area contributed by atoms with E-state index in [1.807, 2.05) is 16.8 Å². The van der Waals surface area contributed by atoms with Crippen LogP contribution >= 0.6 is 0 Å². The molecule has 2 N–H and O–H groups in total. The van der Waals surface area contributed by atoms with Gasteiger partial charge in [-0.15, -0.1) is 0 Å². The molecular formula is C23H27N5O. The second-order valence-corrected chi connectivity index (χ2v) is 7.66. The van der Waals surface area contributed by atoms with Crippen molar-refractivity contribution >= 4 is 5.91 Å². The summed E-state index contributed by atoms with van der Waals surface area (Å²) in [5, 5.41) is 11.1. The molecule has 0 aliphatic carbocycles. The lowest BCUT2D eigenvalue weighted by Gasteiger charge is -2.25. The van der Waals surface area contributed by atoms with Crippen LogP contribution in [0.5, 0.6) is 0 Å². The second-order valence-electron chi connectivity index (χ2n) is 7.66. The minimum atomic E-state index is -0.0835. The molecule has 3 aromatic rings. The molecule has 1 aromatic carbocycles. The van der Waals surface area contributed by atoms with Crippen molar-refractivity contribution in [3.63, 3.8) is 0 Å². The molecule has 1 aliphatic rings. The zero-order chi connectivity index (χ0) is 20.2. The van der Waals surface area contributed by atoms with E-state index in [1.165, 1.54) is 0 Å². The Morgan fingerprint density at radius 2 is 1.90 bits per heavy atom. The van der Waals surface area contributed by atoms with Crippen LogP contribution in [0.3, 0.4) is 0 Å². The molecule has 150 valence electrons. The Bertz CT molecular complexity index is 970. The Balaban J connectivity index is 1.70. The van der Waals surface area contributed by atoms with E-state index in [0.717, 1.165) is 54.0 Å². The maximum Gasteiger partial charge on any atom is 0.255 e. The van der Waals surface area contributed by atoms with Gasteiger partial charge in [0.05, 0.1) is 23.1 Å². The van der Waals surface area contributed by atoms with Crippen molar-refractivity contribution < 1.29 is 4.79 Å². The highest BCUT2D eigenvalue weighted by Gasteiger charge is 2.27. The standard InChI is InChI=1S/C23H27N5O/c1-16-5-3-6-17(2)21(16)28-22(19-8-11-24-12-9-19)20(15-27-28)23(29)26-14-18-7-4-10-25-13-18/h3-7,10,13,15,19,24H,8-9,11-12,14H2,1-2H3,(H,26,29). The van der Waals surface area contributed by atoms with E-state index in [2.05, 4.69) is 52.8 Å². The summed E-state index contributed by atoms with van der Waals surface area (Å²) < 4.78 is 2.00. The number of hydrogen-bond donors (Lipinski definition) is 2. The molecule has 4 rings (SSSR count). The molecule has 1 fully saturated rings. The van der Waals surface area contributed by atoms with Crippen LogP contribution in [-0.4, -0.2) is 33.8 Å². The van der Waals surface area contributed by atoms with Gasteiger partial charge in [-0.1, -0.05) is 24.3 Å². The summed E-state index contributed by atoms with van der Waals surface area (Å²) in [7, 11) is 0.